The molecule has 3 nitrogen and oxygen atoms in total. The molecule has 0 saturated heterocycles. The Morgan fingerprint density at radius 2 is 1.88 bits per heavy atom. The van der Waals surface area contributed by atoms with Crippen LogP contribution in [0.5, 0.6) is 0 Å². The maximum atomic E-state index is 11.6. The molecule has 0 amide bonds. The zero-order valence-corrected chi connectivity index (χ0v) is 10.7. The standard InChI is InChI=1S/C10H11Cl2NO2S/c1-2-6-13-16(14,15)7-8-9(11)4-3-5-10(8)12/h2-5,13H,1,6-7H2. The lowest BCUT2D eigenvalue weighted by molar-refractivity contribution is 0.585. The lowest BCUT2D eigenvalue weighted by atomic mass is 10.2. The Kier molecular flexibility index (Phi) is 4.80. The summed E-state index contributed by atoms with van der Waals surface area (Å²) in [5, 5.41) is 0.688. The van der Waals surface area contributed by atoms with Crippen LogP contribution in [0.4, 0.5) is 0 Å². The van der Waals surface area contributed by atoms with Crippen LogP contribution in [0.1, 0.15) is 5.56 Å². The van der Waals surface area contributed by atoms with E-state index in [9.17, 15) is 8.42 Å². The van der Waals surface area contributed by atoms with Crippen LogP contribution < -0.4 is 4.72 Å². The van der Waals surface area contributed by atoms with Crippen molar-refractivity contribution in [3.63, 3.8) is 0 Å². The molecule has 0 aliphatic rings. The van der Waals surface area contributed by atoms with Gasteiger partial charge in [-0.05, 0) is 12.1 Å². The van der Waals surface area contributed by atoms with E-state index in [1.54, 1.807) is 18.2 Å². The van der Waals surface area contributed by atoms with Crippen molar-refractivity contribution in [2.45, 2.75) is 5.75 Å². The molecule has 0 bridgehead atoms. The van der Waals surface area contributed by atoms with Gasteiger partial charge in [-0.25, -0.2) is 13.1 Å². The lowest BCUT2D eigenvalue weighted by Gasteiger charge is -2.08. The van der Waals surface area contributed by atoms with Crippen molar-refractivity contribution in [2.24, 2.45) is 0 Å². The number of rotatable bonds is 5. The summed E-state index contributed by atoms with van der Waals surface area (Å²) in [6.07, 6.45) is 1.46. The summed E-state index contributed by atoms with van der Waals surface area (Å²) in [7, 11) is -3.43. The first kappa shape index (κ1) is 13.5. The predicted octanol–water partition coefficient (Wildman–Crippen LogP) is 2.60. The molecule has 1 N–H and O–H groups in total. The Labute approximate surface area is 105 Å². The predicted molar refractivity (Wildman–Crippen MR) is 67.3 cm³/mol. The quantitative estimate of drug-likeness (QED) is 0.843. The highest BCUT2D eigenvalue weighted by molar-refractivity contribution is 7.88. The van der Waals surface area contributed by atoms with Gasteiger partial charge in [0.15, 0.2) is 0 Å². The van der Waals surface area contributed by atoms with Gasteiger partial charge in [0, 0.05) is 22.2 Å². The van der Waals surface area contributed by atoms with Crippen molar-refractivity contribution < 1.29 is 8.42 Å². The van der Waals surface area contributed by atoms with E-state index in [-0.39, 0.29) is 12.3 Å². The summed E-state index contributed by atoms with van der Waals surface area (Å²) in [5.41, 5.74) is 0.405. The first-order valence-electron chi connectivity index (χ1n) is 4.47. The summed E-state index contributed by atoms with van der Waals surface area (Å²) < 4.78 is 25.5. The second-order valence-corrected chi connectivity index (χ2v) is 5.72. The molecule has 0 heterocycles. The Bertz CT molecular complexity index is 465. The molecular weight excluding hydrogens is 269 g/mol. The maximum Gasteiger partial charge on any atom is 0.216 e. The lowest BCUT2D eigenvalue weighted by Crippen LogP contribution is -2.25. The monoisotopic (exact) mass is 279 g/mol. The zero-order chi connectivity index (χ0) is 12.2. The minimum Gasteiger partial charge on any atom is -0.212 e. The Hall–Kier alpha value is -0.550. The van der Waals surface area contributed by atoms with Crippen LogP contribution in [-0.2, 0) is 15.8 Å². The van der Waals surface area contributed by atoms with E-state index in [2.05, 4.69) is 11.3 Å². The normalized spacial score (nSPS) is 11.4. The van der Waals surface area contributed by atoms with Crippen molar-refractivity contribution in [1.82, 2.24) is 4.72 Å². The van der Waals surface area contributed by atoms with Crippen molar-refractivity contribution >= 4 is 33.2 Å². The summed E-state index contributed by atoms with van der Waals surface area (Å²) in [4.78, 5) is 0. The van der Waals surface area contributed by atoms with Gasteiger partial charge in [0.05, 0.1) is 5.75 Å². The minimum absolute atomic E-state index is 0.185. The average molecular weight is 280 g/mol. The molecule has 0 aliphatic heterocycles. The van der Waals surface area contributed by atoms with E-state index in [0.29, 0.717) is 15.6 Å². The van der Waals surface area contributed by atoms with Gasteiger partial charge >= 0.3 is 0 Å². The van der Waals surface area contributed by atoms with Gasteiger partial charge in [-0.2, -0.15) is 0 Å². The molecule has 1 aromatic rings. The van der Waals surface area contributed by atoms with Gasteiger partial charge in [0.1, 0.15) is 0 Å². The molecule has 0 aromatic heterocycles. The van der Waals surface area contributed by atoms with Crippen LogP contribution in [0.3, 0.4) is 0 Å². The first-order valence-corrected chi connectivity index (χ1v) is 6.88. The smallest absolute Gasteiger partial charge is 0.212 e. The van der Waals surface area contributed by atoms with Crippen LogP contribution in [0.25, 0.3) is 0 Å². The highest BCUT2D eigenvalue weighted by Crippen LogP contribution is 2.25. The number of hydrogen-bond acceptors (Lipinski definition) is 2. The summed E-state index contributed by atoms with van der Waals surface area (Å²) >= 11 is 11.7. The van der Waals surface area contributed by atoms with Gasteiger partial charge in [0.2, 0.25) is 10.0 Å². The average Bonchev–Trinajstić information content (AvgIpc) is 2.21. The molecule has 1 rings (SSSR count). The van der Waals surface area contributed by atoms with Crippen molar-refractivity contribution in [3.8, 4) is 0 Å². The summed E-state index contributed by atoms with van der Waals surface area (Å²) in [6.45, 7) is 3.61. The molecule has 0 aliphatic carbocycles. The van der Waals surface area contributed by atoms with Crippen LogP contribution in [0, 0.1) is 0 Å². The fourth-order valence-electron chi connectivity index (χ4n) is 1.10. The van der Waals surface area contributed by atoms with Gasteiger partial charge in [-0.15, -0.1) is 6.58 Å². The number of halogens is 2. The topological polar surface area (TPSA) is 46.2 Å². The van der Waals surface area contributed by atoms with Gasteiger partial charge < -0.3 is 0 Å². The fraction of sp³-hybridized carbons (Fsp3) is 0.200. The number of sulfonamides is 1. The molecule has 1 aromatic carbocycles. The third kappa shape index (κ3) is 3.79. The Morgan fingerprint density at radius 1 is 1.31 bits per heavy atom. The SMILES string of the molecule is C=CCNS(=O)(=O)Cc1c(Cl)cccc1Cl. The number of nitrogens with one attached hydrogen (secondary N) is 1. The molecule has 16 heavy (non-hydrogen) atoms. The number of benzene rings is 1. The molecule has 88 valence electrons. The van der Waals surface area contributed by atoms with Crippen LogP contribution >= 0.6 is 23.2 Å². The third-order valence-corrected chi connectivity index (χ3v) is 3.83. The second kappa shape index (κ2) is 5.68. The zero-order valence-electron chi connectivity index (χ0n) is 8.41. The largest absolute Gasteiger partial charge is 0.216 e. The first-order chi connectivity index (χ1) is 7.46. The van der Waals surface area contributed by atoms with E-state index < -0.39 is 10.0 Å². The number of hydrogen-bond donors (Lipinski definition) is 1. The highest BCUT2D eigenvalue weighted by Gasteiger charge is 2.15. The van der Waals surface area contributed by atoms with Crippen molar-refractivity contribution in [2.75, 3.05) is 6.54 Å². The van der Waals surface area contributed by atoms with Gasteiger partial charge in [0.25, 0.3) is 0 Å². The minimum atomic E-state index is -3.43. The molecule has 6 heteroatoms. The highest BCUT2D eigenvalue weighted by atomic mass is 35.5. The molecule has 0 spiro atoms. The van der Waals surface area contributed by atoms with Crippen LogP contribution in [0.15, 0.2) is 30.9 Å². The Balaban J connectivity index is 2.92. The van der Waals surface area contributed by atoms with E-state index in [0.717, 1.165) is 0 Å². The molecule has 0 saturated carbocycles. The van der Waals surface area contributed by atoms with Gasteiger partial charge in [-0.3, -0.25) is 0 Å². The summed E-state index contributed by atoms with van der Waals surface area (Å²) in [5.74, 6) is -0.237. The van der Waals surface area contributed by atoms with Crippen LogP contribution in [0.2, 0.25) is 10.0 Å². The van der Waals surface area contributed by atoms with E-state index >= 15 is 0 Å². The molecule has 0 radical (unpaired) electrons. The van der Waals surface area contributed by atoms with Gasteiger partial charge in [-0.1, -0.05) is 35.3 Å². The third-order valence-electron chi connectivity index (χ3n) is 1.84. The van der Waals surface area contributed by atoms with Crippen LogP contribution in [-0.4, -0.2) is 15.0 Å². The Morgan fingerprint density at radius 3 is 2.38 bits per heavy atom. The van der Waals surface area contributed by atoms with Crippen molar-refractivity contribution in [1.29, 1.82) is 0 Å². The molecular formula is C10H11Cl2NO2S. The molecule has 0 atom stereocenters. The second-order valence-electron chi connectivity index (χ2n) is 3.10. The van der Waals surface area contributed by atoms with E-state index in [4.69, 9.17) is 23.2 Å². The molecule has 0 fully saturated rings. The van der Waals surface area contributed by atoms with E-state index in [1.807, 2.05) is 0 Å². The summed E-state index contributed by atoms with van der Waals surface area (Å²) in [6, 6.07) is 4.87. The van der Waals surface area contributed by atoms with Crippen molar-refractivity contribution in [3.05, 3.63) is 46.5 Å². The fourth-order valence-corrected chi connectivity index (χ4v) is 2.95. The van der Waals surface area contributed by atoms with E-state index in [1.165, 1.54) is 6.08 Å². The molecule has 0 unspecified atom stereocenters. The maximum absolute atomic E-state index is 11.6.